The average Bonchev–Trinajstić information content (AvgIpc) is 2.01. The summed E-state index contributed by atoms with van der Waals surface area (Å²) in [5.74, 6) is 0.938. The van der Waals surface area contributed by atoms with E-state index < -0.39 is 0 Å². The van der Waals surface area contributed by atoms with Gasteiger partial charge in [-0.05, 0) is 18.8 Å². The summed E-state index contributed by atoms with van der Waals surface area (Å²) in [7, 11) is 0. The maximum absolute atomic E-state index is 11.0. The molecule has 0 spiro atoms. The summed E-state index contributed by atoms with van der Waals surface area (Å²) in [6, 6.07) is 0. The number of hydrogen-bond acceptors (Lipinski definition) is 2. The van der Waals surface area contributed by atoms with Crippen molar-refractivity contribution in [2.45, 2.75) is 33.1 Å². The Morgan fingerprint density at radius 1 is 1.42 bits per heavy atom. The average molecular weight is 193 g/mol. The summed E-state index contributed by atoms with van der Waals surface area (Å²) in [5, 5.41) is 0. The maximum atomic E-state index is 11.0. The number of carbonyl (C=O) groups is 1. The molecule has 0 aromatic heterocycles. The van der Waals surface area contributed by atoms with Crippen LogP contribution in [-0.2, 0) is 9.53 Å². The Bertz CT molecular complexity index is 124. The van der Waals surface area contributed by atoms with Gasteiger partial charge in [0.25, 0.3) is 0 Å². The molecule has 0 atom stereocenters. The number of esters is 1. The Balaban J connectivity index is 3.22. The zero-order valence-corrected chi connectivity index (χ0v) is 8.56. The molecule has 0 fully saturated rings. The number of rotatable bonds is 6. The summed E-state index contributed by atoms with van der Waals surface area (Å²) in [5.41, 5.74) is 0. The van der Waals surface area contributed by atoms with Crippen LogP contribution in [-0.4, -0.2) is 18.5 Å². The van der Waals surface area contributed by atoms with E-state index in [4.69, 9.17) is 16.3 Å². The molecule has 2 nitrogen and oxygen atoms in total. The van der Waals surface area contributed by atoms with E-state index in [0.717, 1.165) is 12.8 Å². The molecule has 0 aromatic rings. The van der Waals surface area contributed by atoms with Crippen molar-refractivity contribution in [1.29, 1.82) is 0 Å². The second-order valence-electron chi connectivity index (χ2n) is 3.22. The third kappa shape index (κ3) is 7.86. The Morgan fingerprint density at radius 2 is 2.08 bits per heavy atom. The predicted molar refractivity (Wildman–Crippen MR) is 50.4 cm³/mol. The molecule has 0 aliphatic heterocycles. The lowest BCUT2D eigenvalue weighted by atomic mass is 10.2. The molecule has 0 amide bonds. The molecule has 0 saturated carbocycles. The second-order valence-corrected chi connectivity index (χ2v) is 3.60. The molecule has 0 N–H and O–H groups in total. The smallest absolute Gasteiger partial charge is 0.305 e. The Hall–Kier alpha value is -0.240. The first-order valence-electron chi connectivity index (χ1n) is 4.38. The first kappa shape index (κ1) is 11.8. The van der Waals surface area contributed by atoms with Crippen LogP contribution >= 0.6 is 11.6 Å². The summed E-state index contributed by atoms with van der Waals surface area (Å²) in [6.45, 7) is 4.57. The summed E-state index contributed by atoms with van der Waals surface area (Å²) < 4.78 is 4.97. The number of unbranched alkanes of at least 4 members (excludes halogenated alkanes) is 1. The lowest BCUT2D eigenvalue weighted by Gasteiger charge is -2.06. The zero-order valence-electron chi connectivity index (χ0n) is 7.81. The van der Waals surface area contributed by atoms with Crippen LogP contribution in [0, 0.1) is 5.92 Å². The molecule has 0 saturated heterocycles. The van der Waals surface area contributed by atoms with E-state index in [0.29, 0.717) is 24.8 Å². The molecule has 72 valence electrons. The molecule has 0 rings (SSSR count). The van der Waals surface area contributed by atoms with Crippen LogP contribution in [0.4, 0.5) is 0 Å². The topological polar surface area (TPSA) is 26.3 Å². The van der Waals surface area contributed by atoms with E-state index in [1.807, 2.05) is 13.8 Å². The summed E-state index contributed by atoms with van der Waals surface area (Å²) in [6.07, 6.45) is 2.22. The van der Waals surface area contributed by atoms with Crippen molar-refractivity contribution in [2.75, 3.05) is 12.5 Å². The van der Waals surface area contributed by atoms with Crippen molar-refractivity contribution < 1.29 is 9.53 Å². The van der Waals surface area contributed by atoms with Gasteiger partial charge in [-0.25, -0.2) is 0 Å². The van der Waals surface area contributed by atoms with Crippen molar-refractivity contribution in [2.24, 2.45) is 5.92 Å². The highest BCUT2D eigenvalue weighted by molar-refractivity contribution is 6.17. The molecular weight excluding hydrogens is 176 g/mol. The van der Waals surface area contributed by atoms with Crippen LogP contribution in [0.2, 0.25) is 0 Å². The highest BCUT2D eigenvalue weighted by Crippen LogP contribution is 2.01. The first-order valence-corrected chi connectivity index (χ1v) is 4.92. The minimum atomic E-state index is -0.103. The molecule has 0 radical (unpaired) electrons. The molecule has 0 aromatic carbocycles. The monoisotopic (exact) mass is 192 g/mol. The highest BCUT2D eigenvalue weighted by atomic mass is 35.5. The van der Waals surface area contributed by atoms with Gasteiger partial charge in [0, 0.05) is 12.3 Å². The number of hydrogen-bond donors (Lipinski definition) is 0. The van der Waals surface area contributed by atoms with Crippen LogP contribution < -0.4 is 0 Å². The lowest BCUT2D eigenvalue weighted by molar-refractivity contribution is -0.144. The minimum Gasteiger partial charge on any atom is -0.465 e. The fourth-order valence-electron chi connectivity index (χ4n) is 0.696. The second kappa shape index (κ2) is 7.41. The van der Waals surface area contributed by atoms with Gasteiger partial charge in [0.2, 0.25) is 0 Å². The van der Waals surface area contributed by atoms with Crippen LogP contribution in [0.5, 0.6) is 0 Å². The molecule has 0 unspecified atom stereocenters. The van der Waals surface area contributed by atoms with Crippen molar-refractivity contribution in [1.82, 2.24) is 0 Å². The van der Waals surface area contributed by atoms with Gasteiger partial charge in [-0.3, -0.25) is 4.79 Å². The summed E-state index contributed by atoms with van der Waals surface area (Å²) >= 11 is 5.46. The van der Waals surface area contributed by atoms with Gasteiger partial charge < -0.3 is 4.74 Å². The van der Waals surface area contributed by atoms with E-state index in [1.54, 1.807) is 0 Å². The first-order chi connectivity index (χ1) is 5.66. The molecular formula is C9H17ClO2. The number of carbonyl (C=O) groups excluding carboxylic acids is 1. The molecule has 3 heteroatoms. The predicted octanol–water partition coefficient (Wildman–Crippen LogP) is 2.59. The van der Waals surface area contributed by atoms with Crippen LogP contribution in [0.1, 0.15) is 33.1 Å². The van der Waals surface area contributed by atoms with Gasteiger partial charge in [0.05, 0.1) is 6.61 Å². The third-order valence-electron chi connectivity index (χ3n) is 1.34. The fourth-order valence-corrected chi connectivity index (χ4v) is 0.885. The van der Waals surface area contributed by atoms with Crippen LogP contribution in [0.25, 0.3) is 0 Å². The highest BCUT2D eigenvalue weighted by Gasteiger charge is 2.02. The molecule has 0 aliphatic carbocycles. The van der Waals surface area contributed by atoms with Gasteiger partial charge in [-0.2, -0.15) is 0 Å². The van der Waals surface area contributed by atoms with E-state index >= 15 is 0 Å². The number of ether oxygens (including phenoxy) is 1. The van der Waals surface area contributed by atoms with E-state index in [-0.39, 0.29) is 5.97 Å². The quantitative estimate of drug-likeness (QED) is 0.367. The van der Waals surface area contributed by atoms with Crippen molar-refractivity contribution in [3.63, 3.8) is 0 Å². The van der Waals surface area contributed by atoms with Crippen LogP contribution in [0.3, 0.4) is 0 Å². The van der Waals surface area contributed by atoms with Gasteiger partial charge in [-0.1, -0.05) is 13.8 Å². The molecule has 0 bridgehead atoms. The van der Waals surface area contributed by atoms with Crippen molar-refractivity contribution >= 4 is 17.6 Å². The fraction of sp³-hybridized carbons (Fsp3) is 0.889. The van der Waals surface area contributed by atoms with Gasteiger partial charge in [0.1, 0.15) is 0 Å². The van der Waals surface area contributed by atoms with Gasteiger partial charge in [-0.15, -0.1) is 11.6 Å². The molecule has 12 heavy (non-hydrogen) atoms. The Kier molecular flexibility index (Phi) is 7.26. The van der Waals surface area contributed by atoms with Crippen molar-refractivity contribution in [3.8, 4) is 0 Å². The third-order valence-corrected chi connectivity index (χ3v) is 1.61. The summed E-state index contributed by atoms with van der Waals surface area (Å²) in [4.78, 5) is 11.0. The standard InChI is InChI=1S/C9H17ClO2/c1-8(2)7-12-9(11)5-3-4-6-10/h8H,3-7H2,1-2H3. The van der Waals surface area contributed by atoms with E-state index in [2.05, 4.69) is 0 Å². The Morgan fingerprint density at radius 3 is 2.58 bits per heavy atom. The minimum absolute atomic E-state index is 0.103. The SMILES string of the molecule is CC(C)COC(=O)CCCCCl. The van der Waals surface area contributed by atoms with Gasteiger partial charge in [0.15, 0.2) is 0 Å². The largest absolute Gasteiger partial charge is 0.465 e. The maximum Gasteiger partial charge on any atom is 0.305 e. The zero-order chi connectivity index (χ0) is 9.40. The number of halogens is 1. The Labute approximate surface area is 79.2 Å². The van der Waals surface area contributed by atoms with Gasteiger partial charge >= 0.3 is 5.97 Å². The van der Waals surface area contributed by atoms with E-state index in [1.165, 1.54) is 0 Å². The lowest BCUT2D eigenvalue weighted by Crippen LogP contribution is -2.09. The van der Waals surface area contributed by atoms with Crippen molar-refractivity contribution in [3.05, 3.63) is 0 Å². The molecule has 0 heterocycles. The van der Waals surface area contributed by atoms with E-state index in [9.17, 15) is 4.79 Å². The normalized spacial score (nSPS) is 10.3. The molecule has 0 aliphatic rings. The van der Waals surface area contributed by atoms with Crippen LogP contribution in [0.15, 0.2) is 0 Å². The number of alkyl halides is 1.